The second-order valence-electron chi connectivity index (χ2n) is 3.07. The Kier molecular flexibility index (Phi) is 7.01. The topological polar surface area (TPSA) is 38.3 Å². The average molecular weight is 223 g/mol. The monoisotopic (exact) mass is 223 g/mol. The van der Waals surface area contributed by atoms with E-state index in [2.05, 4.69) is 16.6 Å². The van der Waals surface area contributed by atoms with Crippen molar-refractivity contribution in [1.82, 2.24) is 5.32 Å². The fourth-order valence-corrected chi connectivity index (χ4v) is 1.39. The van der Waals surface area contributed by atoms with E-state index in [1.165, 1.54) is 12.7 Å². The van der Waals surface area contributed by atoms with E-state index >= 15 is 0 Å². The van der Waals surface area contributed by atoms with E-state index < -0.39 is 0 Å². The van der Waals surface area contributed by atoms with Crippen LogP contribution in [-0.2, 0) is 9.53 Å². The Bertz CT molecular complexity index is 314. The van der Waals surface area contributed by atoms with E-state index in [1.54, 1.807) is 6.08 Å². The molecule has 1 heterocycles. The zero-order chi connectivity index (χ0) is 12.6. The highest BCUT2D eigenvalue weighted by atomic mass is 16.5. The molecule has 3 nitrogen and oxygen atoms in total. The summed E-state index contributed by atoms with van der Waals surface area (Å²) in [4.78, 5) is 11.1. The molecule has 1 fully saturated rings. The third kappa shape index (κ3) is 3.93. The number of nitrogens with one attached hydrogen (secondary N) is 1. The molecule has 0 unspecified atom stereocenters. The first-order valence-electron chi connectivity index (χ1n) is 5.57. The normalized spacial score (nSPS) is 18.8. The fourth-order valence-electron chi connectivity index (χ4n) is 1.39. The van der Waals surface area contributed by atoms with Gasteiger partial charge in [-0.25, -0.2) is 4.79 Å². The Morgan fingerprint density at radius 1 is 1.50 bits per heavy atom. The van der Waals surface area contributed by atoms with E-state index in [0.717, 1.165) is 18.7 Å². The van der Waals surface area contributed by atoms with E-state index in [0.29, 0.717) is 5.57 Å². The van der Waals surface area contributed by atoms with Crippen LogP contribution in [0, 0.1) is 0 Å². The molecule has 0 spiro atoms. The van der Waals surface area contributed by atoms with Crippen LogP contribution in [0.15, 0.2) is 35.6 Å². The maximum absolute atomic E-state index is 11.1. The molecule has 0 saturated carbocycles. The van der Waals surface area contributed by atoms with Gasteiger partial charge in [0.1, 0.15) is 0 Å². The molecule has 1 saturated heterocycles. The van der Waals surface area contributed by atoms with Crippen LogP contribution < -0.4 is 5.32 Å². The fraction of sp³-hybridized carbons (Fsp3) is 0.462. The van der Waals surface area contributed by atoms with Gasteiger partial charge >= 0.3 is 5.97 Å². The van der Waals surface area contributed by atoms with Gasteiger partial charge in [-0.1, -0.05) is 26.5 Å². The van der Waals surface area contributed by atoms with E-state index in [-0.39, 0.29) is 5.97 Å². The van der Waals surface area contributed by atoms with Crippen molar-refractivity contribution in [3.63, 3.8) is 0 Å². The number of allylic oxidation sites excluding steroid dienone is 2. The van der Waals surface area contributed by atoms with Gasteiger partial charge in [0.05, 0.1) is 12.7 Å². The predicted octanol–water partition coefficient (Wildman–Crippen LogP) is 2.57. The Morgan fingerprint density at radius 2 is 2.12 bits per heavy atom. The van der Waals surface area contributed by atoms with E-state index in [9.17, 15) is 4.79 Å². The highest BCUT2D eigenvalue weighted by Gasteiger charge is 2.13. The summed E-state index contributed by atoms with van der Waals surface area (Å²) in [6.45, 7) is 10.5. The van der Waals surface area contributed by atoms with Crippen LogP contribution in [0.5, 0.6) is 0 Å². The summed E-state index contributed by atoms with van der Waals surface area (Å²) in [6.07, 6.45) is 4.77. The number of esters is 1. The summed E-state index contributed by atoms with van der Waals surface area (Å²) < 4.78 is 4.56. The van der Waals surface area contributed by atoms with Gasteiger partial charge in [-0.2, -0.15) is 0 Å². The van der Waals surface area contributed by atoms with Gasteiger partial charge in [-0.05, 0) is 25.0 Å². The molecule has 16 heavy (non-hydrogen) atoms. The maximum Gasteiger partial charge on any atom is 0.337 e. The largest absolute Gasteiger partial charge is 0.465 e. The first-order chi connectivity index (χ1) is 7.69. The molecule has 0 aliphatic carbocycles. The minimum atomic E-state index is -0.387. The van der Waals surface area contributed by atoms with Gasteiger partial charge in [0.25, 0.3) is 0 Å². The third-order valence-electron chi connectivity index (χ3n) is 2.17. The lowest BCUT2D eigenvalue weighted by molar-refractivity contribution is -0.135. The van der Waals surface area contributed by atoms with E-state index in [4.69, 9.17) is 0 Å². The van der Waals surface area contributed by atoms with Gasteiger partial charge in [0.15, 0.2) is 0 Å². The SMILES string of the molecule is C=C(/C=C1/NCC/C1=C/C)C(=O)OC.CC. The van der Waals surface area contributed by atoms with Crippen LogP contribution in [0.2, 0.25) is 0 Å². The van der Waals surface area contributed by atoms with Crippen LogP contribution in [-0.4, -0.2) is 19.6 Å². The summed E-state index contributed by atoms with van der Waals surface area (Å²) in [5, 5.41) is 3.19. The van der Waals surface area contributed by atoms with Gasteiger partial charge in [0, 0.05) is 12.2 Å². The minimum absolute atomic E-state index is 0.372. The molecule has 0 atom stereocenters. The molecule has 1 aliphatic heterocycles. The molecule has 1 aliphatic rings. The Hall–Kier alpha value is -1.51. The molecule has 0 aromatic carbocycles. The molecule has 0 amide bonds. The van der Waals surface area contributed by atoms with Gasteiger partial charge < -0.3 is 10.1 Å². The summed E-state index contributed by atoms with van der Waals surface area (Å²) >= 11 is 0. The molecule has 90 valence electrons. The summed E-state index contributed by atoms with van der Waals surface area (Å²) in [6, 6.07) is 0. The number of hydrogen-bond donors (Lipinski definition) is 1. The second kappa shape index (κ2) is 7.74. The number of rotatable bonds is 2. The van der Waals surface area contributed by atoms with Crippen LogP contribution >= 0.6 is 0 Å². The smallest absolute Gasteiger partial charge is 0.337 e. The molecule has 1 rings (SSSR count). The highest BCUT2D eigenvalue weighted by Crippen LogP contribution is 2.18. The van der Waals surface area contributed by atoms with Crippen LogP contribution in [0.1, 0.15) is 27.2 Å². The van der Waals surface area contributed by atoms with Crippen molar-refractivity contribution in [3.05, 3.63) is 35.6 Å². The number of ether oxygens (including phenoxy) is 1. The van der Waals surface area contributed by atoms with Crippen LogP contribution in [0.4, 0.5) is 0 Å². The number of methoxy groups -OCH3 is 1. The van der Waals surface area contributed by atoms with Crippen LogP contribution in [0.25, 0.3) is 0 Å². The van der Waals surface area contributed by atoms with E-state index in [1.807, 2.05) is 26.8 Å². The quantitative estimate of drug-likeness (QED) is 0.577. The lowest BCUT2D eigenvalue weighted by Crippen LogP contribution is -2.07. The standard InChI is InChI=1S/C11H15NO2.C2H6/c1-4-9-5-6-12-10(9)7-8(2)11(13)14-3;1-2/h4,7,12H,2,5-6H2,1,3H3;1-2H3/b9-4-,10-7+;. The second-order valence-corrected chi connectivity index (χ2v) is 3.07. The lowest BCUT2D eigenvalue weighted by atomic mass is 10.1. The van der Waals surface area contributed by atoms with Gasteiger partial charge in [0.2, 0.25) is 0 Å². The first-order valence-corrected chi connectivity index (χ1v) is 5.57. The zero-order valence-electron chi connectivity index (χ0n) is 10.6. The molecule has 0 aromatic rings. The molecular weight excluding hydrogens is 202 g/mol. The van der Waals surface area contributed by atoms with Crippen molar-refractivity contribution in [2.75, 3.05) is 13.7 Å². The van der Waals surface area contributed by atoms with Crippen molar-refractivity contribution in [2.45, 2.75) is 27.2 Å². The van der Waals surface area contributed by atoms with Gasteiger partial charge in [-0.3, -0.25) is 0 Å². The third-order valence-corrected chi connectivity index (χ3v) is 2.17. The molecular formula is C13H21NO2. The van der Waals surface area contributed by atoms with Gasteiger partial charge in [-0.15, -0.1) is 0 Å². The van der Waals surface area contributed by atoms with Crippen molar-refractivity contribution >= 4 is 5.97 Å². The molecule has 1 N–H and O–H groups in total. The molecule has 3 heteroatoms. The summed E-state index contributed by atoms with van der Waals surface area (Å²) in [5.74, 6) is -0.387. The van der Waals surface area contributed by atoms with Crippen molar-refractivity contribution in [1.29, 1.82) is 0 Å². The molecule has 0 bridgehead atoms. The number of carbonyl (C=O) groups is 1. The molecule has 0 radical (unpaired) electrons. The summed E-state index contributed by atoms with van der Waals surface area (Å²) in [5.41, 5.74) is 2.56. The van der Waals surface area contributed by atoms with Crippen molar-refractivity contribution in [3.8, 4) is 0 Å². The van der Waals surface area contributed by atoms with Crippen molar-refractivity contribution < 1.29 is 9.53 Å². The zero-order valence-corrected chi connectivity index (χ0v) is 10.6. The Morgan fingerprint density at radius 3 is 2.62 bits per heavy atom. The van der Waals surface area contributed by atoms with Crippen LogP contribution in [0.3, 0.4) is 0 Å². The minimum Gasteiger partial charge on any atom is -0.465 e. The molecule has 0 aromatic heterocycles. The predicted molar refractivity (Wildman–Crippen MR) is 67.0 cm³/mol. The average Bonchev–Trinajstić information content (AvgIpc) is 2.77. The number of hydrogen-bond acceptors (Lipinski definition) is 3. The highest BCUT2D eigenvalue weighted by molar-refractivity contribution is 5.91. The maximum atomic E-state index is 11.1. The Labute approximate surface area is 97.9 Å². The lowest BCUT2D eigenvalue weighted by Gasteiger charge is -2.02. The first kappa shape index (κ1) is 14.5. The Balaban J connectivity index is 0.00000106. The summed E-state index contributed by atoms with van der Waals surface area (Å²) in [7, 11) is 1.35. The number of carbonyl (C=O) groups excluding carboxylic acids is 1. The van der Waals surface area contributed by atoms with Crippen molar-refractivity contribution in [2.24, 2.45) is 0 Å².